The first-order valence-corrected chi connectivity index (χ1v) is 5.25. The number of para-hydroxylation sites is 1. The van der Waals surface area contributed by atoms with Gasteiger partial charge in [-0.25, -0.2) is 5.84 Å². The van der Waals surface area contributed by atoms with Crippen LogP contribution in [0, 0.1) is 0 Å². The van der Waals surface area contributed by atoms with Crippen molar-refractivity contribution in [2.75, 3.05) is 13.7 Å². The molecule has 0 unspecified atom stereocenters. The van der Waals surface area contributed by atoms with Crippen LogP contribution in [0.4, 0.5) is 0 Å². The van der Waals surface area contributed by atoms with Gasteiger partial charge in [0, 0.05) is 7.05 Å². The first kappa shape index (κ1) is 12.5. The zero-order chi connectivity index (χ0) is 12.1. The van der Waals surface area contributed by atoms with Gasteiger partial charge in [-0.05, 0) is 17.5 Å². The van der Waals surface area contributed by atoms with Crippen molar-refractivity contribution in [3.05, 3.63) is 29.8 Å². The summed E-state index contributed by atoms with van der Waals surface area (Å²) in [5.74, 6) is 6.16. The molecule has 0 radical (unpaired) electrons. The summed E-state index contributed by atoms with van der Waals surface area (Å²) in [5.41, 5.74) is 1.09. The predicted octanol–water partition coefficient (Wildman–Crippen LogP) is 1.52. The third-order valence-corrected chi connectivity index (χ3v) is 2.29. The molecule has 0 aromatic heterocycles. The van der Waals surface area contributed by atoms with Crippen LogP contribution >= 0.6 is 0 Å². The second kappa shape index (κ2) is 5.51. The zero-order valence-corrected chi connectivity index (χ0v) is 9.93. The summed E-state index contributed by atoms with van der Waals surface area (Å²) in [6.07, 6.45) is 0. The van der Waals surface area contributed by atoms with E-state index in [2.05, 4.69) is 13.8 Å². The fraction of sp³-hybridized carbons (Fsp3) is 0.417. The van der Waals surface area contributed by atoms with Crippen molar-refractivity contribution in [2.45, 2.75) is 19.8 Å². The third-order valence-electron chi connectivity index (χ3n) is 2.29. The smallest absolute Gasteiger partial charge is 0.274 e. The first-order valence-electron chi connectivity index (χ1n) is 5.25. The molecule has 4 heteroatoms. The Labute approximate surface area is 96.0 Å². The lowest BCUT2D eigenvalue weighted by atomic mass is 10.0. The largest absolute Gasteiger partial charge is 0.483 e. The van der Waals surface area contributed by atoms with Gasteiger partial charge < -0.3 is 4.74 Å². The minimum atomic E-state index is -0.251. The molecule has 1 aromatic carbocycles. The molecule has 0 spiro atoms. The van der Waals surface area contributed by atoms with E-state index in [9.17, 15) is 4.79 Å². The fourth-order valence-electron chi connectivity index (χ4n) is 1.33. The third kappa shape index (κ3) is 3.24. The van der Waals surface area contributed by atoms with Crippen LogP contribution in [-0.2, 0) is 4.79 Å². The Hall–Kier alpha value is -1.55. The Balaban J connectivity index is 2.70. The van der Waals surface area contributed by atoms with Gasteiger partial charge in [0.05, 0.1) is 0 Å². The minimum Gasteiger partial charge on any atom is -0.483 e. The molecule has 1 amide bonds. The lowest BCUT2D eigenvalue weighted by molar-refractivity contribution is -0.132. The summed E-state index contributed by atoms with van der Waals surface area (Å²) in [5, 5.41) is 1.03. The number of amides is 1. The van der Waals surface area contributed by atoms with E-state index in [0.29, 0.717) is 5.92 Å². The highest BCUT2D eigenvalue weighted by atomic mass is 16.5. The highest BCUT2D eigenvalue weighted by Crippen LogP contribution is 2.25. The second-order valence-electron chi connectivity index (χ2n) is 3.99. The summed E-state index contributed by atoms with van der Waals surface area (Å²) in [4.78, 5) is 11.3. The van der Waals surface area contributed by atoms with Crippen molar-refractivity contribution in [1.82, 2.24) is 5.01 Å². The van der Waals surface area contributed by atoms with E-state index in [-0.39, 0.29) is 12.5 Å². The molecule has 0 saturated carbocycles. The average molecular weight is 222 g/mol. The molecule has 0 aliphatic heterocycles. The molecule has 88 valence electrons. The molecule has 0 heterocycles. The Bertz CT molecular complexity index is 362. The molecule has 2 N–H and O–H groups in total. The van der Waals surface area contributed by atoms with Gasteiger partial charge >= 0.3 is 0 Å². The van der Waals surface area contributed by atoms with Gasteiger partial charge in [0.2, 0.25) is 0 Å². The minimum absolute atomic E-state index is 0.0310. The van der Waals surface area contributed by atoms with E-state index in [0.717, 1.165) is 16.3 Å². The van der Waals surface area contributed by atoms with E-state index in [1.54, 1.807) is 0 Å². The Morgan fingerprint density at radius 3 is 2.62 bits per heavy atom. The number of hydrogen-bond acceptors (Lipinski definition) is 3. The van der Waals surface area contributed by atoms with E-state index in [1.165, 1.54) is 7.05 Å². The normalized spacial score (nSPS) is 10.3. The van der Waals surface area contributed by atoms with Crippen molar-refractivity contribution in [1.29, 1.82) is 0 Å². The number of benzene rings is 1. The van der Waals surface area contributed by atoms with E-state index in [1.807, 2.05) is 24.3 Å². The van der Waals surface area contributed by atoms with Crippen molar-refractivity contribution >= 4 is 5.91 Å². The number of likely N-dealkylation sites (N-methyl/N-ethyl adjacent to an activating group) is 1. The van der Waals surface area contributed by atoms with Gasteiger partial charge in [0.15, 0.2) is 6.61 Å². The zero-order valence-electron chi connectivity index (χ0n) is 9.93. The maximum Gasteiger partial charge on any atom is 0.274 e. The summed E-state index contributed by atoms with van der Waals surface area (Å²) in [6, 6.07) is 7.70. The maximum absolute atomic E-state index is 11.3. The highest BCUT2D eigenvalue weighted by molar-refractivity contribution is 5.76. The molecule has 0 atom stereocenters. The molecule has 0 aliphatic rings. The number of nitrogens with zero attached hydrogens (tertiary/aromatic N) is 1. The van der Waals surface area contributed by atoms with Crippen LogP contribution < -0.4 is 10.6 Å². The number of nitrogens with two attached hydrogens (primary N) is 1. The summed E-state index contributed by atoms with van der Waals surface area (Å²) in [6.45, 7) is 4.13. The Morgan fingerprint density at radius 2 is 2.06 bits per heavy atom. The molecule has 0 saturated heterocycles. The average Bonchev–Trinajstić information content (AvgIpc) is 2.25. The fourth-order valence-corrected chi connectivity index (χ4v) is 1.33. The molecule has 0 bridgehead atoms. The number of hydrazine groups is 1. The SMILES string of the molecule is CC(C)c1ccccc1OCC(=O)N(C)N. The molecule has 16 heavy (non-hydrogen) atoms. The number of carbonyl (C=O) groups excluding carboxylic acids is 1. The van der Waals surface area contributed by atoms with Crippen LogP contribution in [0.2, 0.25) is 0 Å². The van der Waals surface area contributed by atoms with Crippen molar-refractivity contribution in [2.24, 2.45) is 5.84 Å². The second-order valence-corrected chi connectivity index (χ2v) is 3.99. The molecule has 0 fully saturated rings. The molecule has 4 nitrogen and oxygen atoms in total. The van der Waals surface area contributed by atoms with Gasteiger partial charge in [-0.2, -0.15) is 0 Å². The van der Waals surface area contributed by atoms with E-state index in [4.69, 9.17) is 10.6 Å². The van der Waals surface area contributed by atoms with Crippen LogP contribution in [0.3, 0.4) is 0 Å². The quantitative estimate of drug-likeness (QED) is 0.477. The monoisotopic (exact) mass is 222 g/mol. The topological polar surface area (TPSA) is 55.6 Å². The molecule has 1 rings (SSSR count). The lowest BCUT2D eigenvalue weighted by Gasteiger charge is -2.15. The van der Waals surface area contributed by atoms with Gasteiger partial charge in [-0.1, -0.05) is 32.0 Å². The van der Waals surface area contributed by atoms with Crippen LogP contribution in [0.15, 0.2) is 24.3 Å². The maximum atomic E-state index is 11.3. The molecular formula is C12H18N2O2. The summed E-state index contributed by atoms with van der Waals surface area (Å²) in [7, 11) is 1.50. The van der Waals surface area contributed by atoms with E-state index >= 15 is 0 Å². The number of rotatable bonds is 4. The number of ether oxygens (including phenoxy) is 1. The van der Waals surface area contributed by atoms with Crippen molar-refractivity contribution in [3.8, 4) is 5.75 Å². The number of carbonyl (C=O) groups is 1. The molecule has 1 aromatic rings. The van der Waals surface area contributed by atoms with Gasteiger partial charge in [-0.15, -0.1) is 0 Å². The first-order chi connectivity index (χ1) is 7.52. The highest BCUT2D eigenvalue weighted by Gasteiger charge is 2.10. The van der Waals surface area contributed by atoms with Gasteiger partial charge in [0.1, 0.15) is 5.75 Å². The van der Waals surface area contributed by atoms with Crippen LogP contribution in [0.1, 0.15) is 25.3 Å². The lowest BCUT2D eigenvalue weighted by Crippen LogP contribution is -2.36. The predicted molar refractivity (Wildman–Crippen MR) is 63.0 cm³/mol. The molecule has 0 aliphatic carbocycles. The summed E-state index contributed by atoms with van der Waals surface area (Å²) >= 11 is 0. The Morgan fingerprint density at radius 1 is 1.44 bits per heavy atom. The van der Waals surface area contributed by atoms with Crippen LogP contribution in [0.25, 0.3) is 0 Å². The summed E-state index contributed by atoms with van der Waals surface area (Å²) < 4.78 is 5.45. The van der Waals surface area contributed by atoms with E-state index < -0.39 is 0 Å². The van der Waals surface area contributed by atoms with Crippen LogP contribution in [0.5, 0.6) is 5.75 Å². The van der Waals surface area contributed by atoms with Crippen molar-refractivity contribution < 1.29 is 9.53 Å². The van der Waals surface area contributed by atoms with Gasteiger partial charge in [0.25, 0.3) is 5.91 Å². The Kier molecular flexibility index (Phi) is 4.31. The number of hydrogen-bond donors (Lipinski definition) is 1. The van der Waals surface area contributed by atoms with Crippen molar-refractivity contribution in [3.63, 3.8) is 0 Å². The van der Waals surface area contributed by atoms with Gasteiger partial charge in [-0.3, -0.25) is 9.80 Å². The van der Waals surface area contributed by atoms with Crippen LogP contribution in [-0.4, -0.2) is 24.6 Å². The molecular weight excluding hydrogens is 204 g/mol. The standard InChI is InChI=1S/C12H18N2O2/c1-9(2)10-6-4-5-7-11(10)16-8-12(15)14(3)13/h4-7,9H,8,13H2,1-3H3.